The zero-order valence-corrected chi connectivity index (χ0v) is 16.5. The van der Waals surface area contributed by atoms with E-state index in [2.05, 4.69) is 41.5 Å². The minimum absolute atomic E-state index is 0.0232. The van der Waals surface area contributed by atoms with E-state index in [1.165, 1.54) is 13.5 Å². The number of rotatable bonds is 5. The molecule has 3 heteroatoms. The van der Waals surface area contributed by atoms with Gasteiger partial charge in [-0.1, -0.05) is 54.4 Å². The Morgan fingerprint density at radius 3 is 2.33 bits per heavy atom. The first-order valence-corrected chi connectivity index (χ1v) is 9.78. The van der Waals surface area contributed by atoms with Gasteiger partial charge in [-0.2, -0.15) is 0 Å². The highest BCUT2D eigenvalue weighted by Gasteiger charge is 2.89. The van der Waals surface area contributed by atoms with Crippen molar-refractivity contribution in [3.05, 3.63) is 11.8 Å². The van der Waals surface area contributed by atoms with Gasteiger partial charge in [-0.3, -0.25) is 0 Å². The average molecular weight is 335 g/mol. The van der Waals surface area contributed by atoms with Gasteiger partial charge in [0, 0.05) is 10.8 Å². The monoisotopic (exact) mass is 334 g/mol. The highest BCUT2D eigenvalue weighted by molar-refractivity contribution is 5.83. The summed E-state index contributed by atoms with van der Waals surface area (Å²) in [5.41, 5.74) is 0.223. The molecule has 0 aromatic rings. The van der Waals surface area contributed by atoms with Gasteiger partial charge in [0.2, 0.25) is 0 Å². The molecule has 0 radical (unpaired) electrons. The molecule has 24 heavy (non-hydrogen) atoms. The first-order chi connectivity index (χ1) is 11.3. The second-order valence-electron chi connectivity index (χ2n) is 8.48. The fourth-order valence-corrected chi connectivity index (χ4v) is 7.89. The molecule has 136 valence electrons. The summed E-state index contributed by atoms with van der Waals surface area (Å²) in [7, 11) is 1.44. The largest absolute Gasteiger partial charge is 0.490 e. The zero-order chi connectivity index (χ0) is 18.0. The lowest BCUT2D eigenvalue weighted by molar-refractivity contribution is -0.250. The fourth-order valence-electron chi connectivity index (χ4n) is 7.89. The second-order valence-corrected chi connectivity index (χ2v) is 8.48. The highest BCUT2D eigenvalue weighted by Crippen LogP contribution is 2.90. The lowest BCUT2D eigenvalue weighted by Gasteiger charge is -2.72. The summed E-state index contributed by atoms with van der Waals surface area (Å²) in [6, 6.07) is 0. The summed E-state index contributed by atoms with van der Waals surface area (Å²) in [5.74, 6) is 1.88. The predicted molar refractivity (Wildman–Crippen MR) is 95.3 cm³/mol. The van der Waals surface area contributed by atoms with Crippen LogP contribution < -0.4 is 0 Å². The number of ether oxygens (including phenoxy) is 2. The van der Waals surface area contributed by atoms with Crippen molar-refractivity contribution in [1.29, 1.82) is 0 Å². The van der Waals surface area contributed by atoms with E-state index in [1.807, 2.05) is 0 Å². The quantitative estimate of drug-likeness (QED) is 0.518. The standard InChI is InChI=1S/C21H34O3/c1-8-14-13-20(10-3)19(6)18(14,5)15(9-2)21(19,11-4)16(24-20)12-17(22)23-7/h12,14-15H,8-11,13H2,1-7H3/b16-12-/t14-,15-,18-,19+,20-,21-/m1/s1. The molecule has 1 heterocycles. The lowest BCUT2D eigenvalue weighted by atomic mass is 9.29. The molecule has 6 atom stereocenters. The molecule has 3 rings (SSSR count). The van der Waals surface area contributed by atoms with Crippen LogP contribution in [0.4, 0.5) is 0 Å². The Labute approximate surface area is 147 Å². The van der Waals surface area contributed by atoms with E-state index in [0.29, 0.717) is 11.8 Å². The maximum absolute atomic E-state index is 12.0. The zero-order valence-electron chi connectivity index (χ0n) is 16.5. The summed E-state index contributed by atoms with van der Waals surface area (Å²) in [4.78, 5) is 12.0. The highest BCUT2D eigenvalue weighted by atomic mass is 16.5. The van der Waals surface area contributed by atoms with E-state index in [4.69, 9.17) is 9.47 Å². The SMILES string of the molecule is CC[C@@H]1C[C@@]2(CC)O/C(=C\C(=O)OC)[C@@]3(CC)[C@H](CC)[C@]1(C)[C@@]23C. The molecule has 0 amide bonds. The van der Waals surface area contributed by atoms with Crippen LogP contribution in [0.15, 0.2) is 11.8 Å². The van der Waals surface area contributed by atoms with Crippen LogP contribution in [0, 0.1) is 28.1 Å². The van der Waals surface area contributed by atoms with Crippen LogP contribution in [0.5, 0.6) is 0 Å². The molecular weight excluding hydrogens is 300 g/mol. The van der Waals surface area contributed by atoms with Gasteiger partial charge in [0.15, 0.2) is 0 Å². The smallest absolute Gasteiger partial charge is 0.333 e. The van der Waals surface area contributed by atoms with Crippen LogP contribution in [0.1, 0.15) is 73.6 Å². The van der Waals surface area contributed by atoms with Gasteiger partial charge in [-0.05, 0) is 36.5 Å². The van der Waals surface area contributed by atoms with Gasteiger partial charge in [0.25, 0.3) is 0 Å². The molecule has 2 saturated carbocycles. The summed E-state index contributed by atoms with van der Waals surface area (Å²) in [6.45, 7) is 14.1. The lowest BCUT2D eigenvalue weighted by Crippen LogP contribution is -2.71. The van der Waals surface area contributed by atoms with Crippen molar-refractivity contribution in [2.45, 2.75) is 79.2 Å². The van der Waals surface area contributed by atoms with E-state index >= 15 is 0 Å². The summed E-state index contributed by atoms with van der Waals surface area (Å²) in [5, 5.41) is 0. The Balaban J connectivity index is 2.24. The number of methoxy groups -OCH3 is 1. The molecule has 1 saturated heterocycles. The van der Waals surface area contributed by atoms with E-state index in [0.717, 1.165) is 31.4 Å². The summed E-state index contributed by atoms with van der Waals surface area (Å²) < 4.78 is 11.7. The fraction of sp³-hybridized carbons (Fsp3) is 0.857. The van der Waals surface area contributed by atoms with E-state index in [-0.39, 0.29) is 27.8 Å². The van der Waals surface area contributed by atoms with Crippen LogP contribution in [0.25, 0.3) is 0 Å². The first-order valence-electron chi connectivity index (χ1n) is 9.78. The van der Waals surface area contributed by atoms with Crippen molar-refractivity contribution in [3.63, 3.8) is 0 Å². The van der Waals surface area contributed by atoms with Crippen molar-refractivity contribution in [2.75, 3.05) is 7.11 Å². The van der Waals surface area contributed by atoms with Crippen molar-refractivity contribution >= 4 is 5.97 Å². The predicted octanol–water partition coefficient (Wildman–Crippen LogP) is 5.10. The van der Waals surface area contributed by atoms with Crippen molar-refractivity contribution in [1.82, 2.24) is 0 Å². The van der Waals surface area contributed by atoms with Crippen LogP contribution >= 0.6 is 0 Å². The molecule has 3 aliphatic rings. The summed E-state index contributed by atoms with van der Waals surface area (Å²) >= 11 is 0. The third-order valence-corrected chi connectivity index (χ3v) is 8.85. The van der Waals surface area contributed by atoms with Gasteiger partial charge in [-0.25, -0.2) is 4.79 Å². The Morgan fingerprint density at radius 2 is 1.88 bits per heavy atom. The molecular formula is C21H34O3. The van der Waals surface area contributed by atoms with Gasteiger partial charge in [0.1, 0.15) is 11.4 Å². The molecule has 0 aromatic heterocycles. The second kappa shape index (κ2) is 5.25. The molecule has 0 spiro atoms. The molecule has 0 bridgehead atoms. The maximum Gasteiger partial charge on any atom is 0.333 e. The topological polar surface area (TPSA) is 35.5 Å². The van der Waals surface area contributed by atoms with E-state index in [9.17, 15) is 4.79 Å². The van der Waals surface area contributed by atoms with Crippen molar-refractivity contribution < 1.29 is 14.3 Å². The molecule has 3 fully saturated rings. The Bertz CT molecular complexity index is 582. The Kier molecular flexibility index (Phi) is 3.90. The van der Waals surface area contributed by atoms with Gasteiger partial charge >= 0.3 is 5.97 Å². The van der Waals surface area contributed by atoms with Crippen molar-refractivity contribution in [2.24, 2.45) is 28.1 Å². The molecule has 3 nitrogen and oxygen atoms in total. The van der Waals surface area contributed by atoms with Crippen LogP contribution in [-0.4, -0.2) is 18.7 Å². The molecule has 0 aromatic carbocycles. The summed E-state index contributed by atoms with van der Waals surface area (Å²) in [6.07, 6.45) is 7.14. The minimum atomic E-state index is -0.289. The molecule has 0 unspecified atom stereocenters. The van der Waals surface area contributed by atoms with Crippen LogP contribution in [0.2, 0.25) is 0 Å². The Hall–Kier alpha value is -0.990. The number of carbonyl (C=O) groups is 1. The Morgan fingerprint density at radius 1 is 1.21 bits per heavy atom. The maximum atomic E-state index is 12.0. The van der Waals surface area contributed by atoms with E-state index < -0.39 is 0 Å². The minimum Gasteiger partial charge on any atom is -0.490 e. The number of carbonyl (C=O) groups excluding carboxylic acids is 1. The number of allylic oxidation sites excluding steroid dienone is 1. The third kappa shape index (κ3) is 1.46. The number of hydrogen-bond acceptors (Lipinski definition) is 3. The van der Waals surface area contributed by atoms with Gasteiger partial charge < -0.3 is 9.47 Å². The van der Waals surface area contributed by atoms with Crippen LogP contribution in [0.3, 0.4) is 0 Å². The molecule has 0 N–H and O–H groups in total. The normalized spacial score (nSPS) is 50.4. The molecule has 1 aliphatic heterocycles. The number of hydrogen-bond donors (Lipinski definition) is 0. The van der Waals surface area contributed by atoms with Crippen molar-refractivity contribution in [3.8, 4) is 0 Å². The first kappa shape index (κ1) is 17.8. The van der Waals surface area contributed by atoms with Gasteiger partial charge in [-0.15, -0.1) is 0 Å². The molecule has 2 aliphatic carbocycles. The van der Waals surface area contributed by atoms with E-state index in [1.54, 1.807) is 6.08 Å². The average Bonchev–Trinajstić information content (AvgIpc) is 2.86. The number of esters is 1. The van der Waals surface area contributed by atoms with Crippen LogP contribution in [-0.2, 0) is 14.3 Å². The van der Waals surface area contributed by atoms with Gasteiger partial charge in [0.05, 0.1) is 13.2 Å². The third-order valence-electron chi connectivity index (χ3n) is 8.85.